The van der Waals surface area contributed by atoms with E-state index in [0.29, 0.717) is 17.7 Å². The monoisotopic (exact) mass is 272 g/mol. The lowest BCUT2D eigenvalue weighted by Crippen LogP contribution is -2.06. The van der Waals surface area contributed by atoms with Crippen LogP contribution in [0.15, 0.2) is 43.0 Å². The molecule has 2 rings (SSSR count). The number of aliphatic carboxylic acids is 1. The average Bonchev–Trinajstić information content (AvgIpc) is 2.90. The van der Waals surface area contributed by atoms with Crippen molar-refractivity contribution in [1.82, 2.24) is 9.55 Å². The lowest BCUT2D eigenvalue weighted by molar-refractivity contribution is -0.131. The van der Waals surface area contributed by atoms with E-state index < -0.39 is 11.9 Å². The summed E-state index contributed by atoms with van der Waals surface area (Å²) in [5.41, 5.74) is 1.30. The molecule has 1 heterocycles. The van der Waals surface area contributed by atoms with Crippen LogP contribution in [-0.2, 0) is 11.3 Å². The van der Waals surface area contributed by atoms with Gasteiger partial charge in [-0.1, -0.05) is 12.1 Å². The maximum absolute atomic E-state index is 11.3. The highest BCUT2D eigenvalue weighted by Gasteiger charge is 2.10. The third-order valence-electron chi connectivity index (χ3n) is 2.69. The van der Waals surface area contributed by atoms with Crippen LogP contribution in [0.1, 0.15) is 21.5 Å². The molecular weight excluding hydrogens is 260 g/mol. The number of hydrogen-bond acceptors (Lipinski definition) is 3. The van der Waals surface area contributed by atoms with Crippen LogP contribution in [-0.4, -0.2) is 31.7 Å². The van der Waals surface area contributed by atoms with Crippen LogP contribution < -0.4 is 0 Å². The molecule has 20 heavy (non-hydrogen) atoms. The Balaban J connectivity index is 2.33. The van der Waals surface area contributed by atoms with Crippen molar-refractivity contribution in [3.05, 3.63) is 59.7 Å². The number of carboxylic acid groups (broad SMARTS) is 2. The Hall–Kier alpha value is -2.89. The number of aromatic carboxylic acids is 1. The first-order chi connectivity index (χ1) is 9.56. The molecule has 0 radical (unpaired) electrons. The third kappa shape index (κ3) is 3.32. The van der Waals surface area contributed by atoms with Gasteiger partial charge in [-0.15, -0.1) is 0 Å². The zero-order valence-electron chi connectivity index (χ0n) is 10.4. The molecule has 0 spiro atoms. The van der Waals surface area contributed by atoms with E-state index in [-0.39, 0.29) is 5.56 Å². The van der Waals surface area contributed by atoms with E-state index in [4.69, 9.17) is 5.11 Å². The highest BCUT2D eigenvalue weighted by Crippen LogP contribution is 2.15. The molecule has 0 unspecified atom stereocenters. The van der Waals surface area contributed by atoms with Crippen molar-refractivity contribution in [1.29, 1.82) is 0 Å². The molecule has 0 saturated carbocycles. The molecule has 2 N–H and O–H groups in total. The zero-order valence-corrected chi connectivity index (χ0v) is 10.4. The van der Waals surface area contributed by atoms with Gasteiger partial charge in [-0.25, -0.2) is 14.6 Å². The minimum Gasteiger partial charge on any atom is -0.478 e. The van der Waals surface area contributed by atoms with Gasteiger partial charge in [-0.3, -0.25) is 0 Å². The number of nitrogens with zero attached hydrogens (tertiary/aromatic N) is 2. The zero-order chi connectivity index (χ0) is 14.5. The van der Waals surface area contributed by atoms with Crippen LogP contribution in [0.5, 0.6) is 0 Å². The Morgan fingerprint density at radius 1 is 1.30 bits per heavy atom. The molecule has 102 valence electrons. The molecular formula is C14H12N2O4. The van der Waals surface area contributed by atoms with Gasteiger partial charge >= 0.3 is 11.9 Å². The van der Waals surface area contributed by atoms with Gasteiger partial charge in [0.1, 0.15) is 0 Å². The lowest BCUT2D eigenvalue weighted by Gasteiger charge is -2.08. The molecule has 0 aliphatic carbocycles. The number of imidazole rings is 1. The van der Waals surface area contributed by atoms with Gasteiger partial charge in [-0.2, -0.15) is 0 Å². The standard InChI is InChI=1S/C14H12N2O4/c17-13(18)4-2-10-1-3-11(12(7-10)14(19)20)8-16-6-5-15-9-16/h1-7,9H,8H2,(H,17,18)(H,19,20)/b4-2+. The predicted molar refractivity (Wildman–Crippen MR) is 71.4 cm³/mol. The normalized spacial score (nSPS) is 10.8. The smallest absolute Gasteiger partial charge is 0.336 e. The summed E-state index contributed by atoms with van der Waals surface area (Å²) in [5, 5.41) is 17.8. The summed E-state index contributed by atoms with van der Waals surface area (Å²) in [4.78, 5) is 25.6. The summed E-state index contributed by atoms with van der Waals surface area (Å²) in [6.45, 7) is 0.393. The number of benzene rings is 1. The fourth-order valence-corrected chi connectivity index (χ4v) is 1.78. The molecule has 0 amide bonds. The minimum absolute atomic E-state index is 0.145. The van der Waals surface area contributed by atoms with Crippen LogP contribution in [0.25, 0.3) is 6.08 Å². The highest BCUT2D eigenvalue weighted by molar-refractivity contribution is 5.91. The number of hydrogen-bond donors (Lipinski definition) is 2. The van der Waals surface area contributed by atoms with E-state index in [2.05, 4.69) is 4.98 Å². The van der Waals surface area contributed by atoms with Gasteiger partial charge < -0.3 is 14.8 Å². The Morgan fingerprint density at radius 2 is 2.10 bits per heavy atom. The topological polar surface area (TPSA) is 92.4 Å². The number of carboxylic acids is 2. The molecule has 0 bridgehead atoms. The fraction of sp³-hybridized carbons (Fsp3) is 0.0714. The number of aromatic nitrogens is 2. The molecule has 2 aromatic rings. The van der Waals surface area contributed by atoms with Crippen LogP contribution in [0.4, 0.5) is 0 Å². The second-order valence-corrected chi connectivity index (χ2v) is 4.13. The maximum atomic E-state index is 11.3. The Labute approximate surface area is 114 Å². The lowest BCUT2D eigenvalue weighted by atomic mass is 10.0. The van der Waals surface area contributed by atoms with Gasteiger partial charge in [-0.05, 0) is 23.3 Å². The van der Waals surface area contributed by atoms with Crippen molar-refractivity contribution in [3.63, 3.8) is 0 Å². The summed E-state index contributed by atoms with van der Waals surface area (Å²) in [5.74, 6) is -2.13. The SMILES string of the molecule is O=C(O)/C=C/c1ccc(Cn2ccnc2)c(C(=O)O)c1. The van der Waals surface area contributed by atoms with Crippen LogP contribution in [0, 0.1) is 0 Å². The molecule has 0 fully saturated rings. The summed E-state index contributed by atoms with van der Waals surface area (Å²) >= 11 is 0. The van der Waals surface area contributed by atoms with Gasteiger partial charge in [0.25, 0.3) is 0 Å². The molecule has 0 saturated heterocycles. The van der Waals surface area contributed by atoms with Crippen molar-refractivity contribution in [3.8, 4) is 0 Å². The van der Waals surface area contributed by atoms with Crippen molar-refractivity contribution in [2.45, 2.75) is 6.54 Å². The highest BCUT2D eigenvalue weighted by atomic mass is 16.4. The summed E-state index contributed by atoms with van der Waals surface area (Å²) in [6, 6.07) is 4.80. The van der Waals surface area contributed by atoms with Crippen molar-refractivity contribution in [2.75, 3.05) is 0 Å². The molecule has 6 nitrogen and oxygen atoms in total. The quantitative estimate of drug-likeness (QED) is 0.808. The first kappa shape index (κ1) is 13.5. The van der Waals surface area contributed by atoms with E-state index in [1.165, 1.54) is 12.1 Å². The third-order valence-corrected chi connectivity index (χ3v) is 2.69. The first-order valence-electron chi connectivity index (χ1n) is 5.79. The second kappa shape index (κ2) is 5.83. The van der Waals surface area contributed by atoms with E-state index in [1.807, 2.05) is 0 Å². The Bertz CT molecular complexity index is 660. The first-order valence-corrected chi connectivity index (χ1v) is 5.79. The summed E-state index contributed by atoms with van der Waals surface area (Å²) in [7, 11) is 0. The van der Waals surface area contributed by atoms with Gasteiger partial charge in [0.2, 0.25) is 0 Å². The Kier molecular flexibility index (Phi) is 3.95. The summed E-state index contributed by atoms with van der Waals surface area (Å²) < 4.78 is 1.76. The molecule has 0 atom stereocenters. The van der Waals surface area contributed by atoms with Crippen LogP contribution >= 0.6 is 0 Å². The largest absolute Gasteiger partial charge is 0.478 e. The molecule has 1 aromatic heterocycles. The Morgan fingerprint density at radius 3 is 2.70 bits per heavy atom. The van der Waals surface area contributed by atoms with Crippen LogP contribution in [0.3, 0.4) is 0 Å². The van der Waals surface area contributed by atoms with E-state index in [9.17, 15) is 14.7 Å². The molecule has 0 aliphatic heterocycles. The van der Waals surface area contributed by atoms with Crippen molar-refractivity contribution >= 4 is 18.0 Å². The predicted octanol–water partition coefficient (Wildman–Crippen LogP) is 1.73. The summed E-state index contributed by atoms with van der Waals surface area (Å²) in [6.07, 6.45) is 7.28. The molecule has 6 heteroatoms. The van der Waals surface area contributed by atoms with Crippen LogP contribution in [0.2, 0.25) is 0 Å². The second-order valence-electron chi connectivity index (χ2n) is 4.13. The number of rotatable bonds is 5. The van der Waals surface area contributed by atoms with Gasteiger partial charge in [0, 0.05) is 25.0 Å². The van der Waals surface area contributed by atoms with Gasteiger partial charge in [0.05, 0.1) is 11.9 Å². The van der Waals surface area contributed by atoms with Gasteiger partial charge in [0.15, 0.2) is 0 Å². The molecule has 0 aliphatic rings. The number of carbonyl (C=O) groups is 2. The fourth-order valence-electron chi connectivity index (χ4n) is 1.78. The maximum Gasteiger partial charge on any atom is 0.336 e. The minimum atomic E-state index is -1.08. The van der Waals surface area contributed by atoms with Crippen molar-refractivity contribution in [2.24, 2.45) is 0 Å². The van der Waals surface area contributed by atoms with E-state index >= 15 is 0 Å². The average molecular weight is 272 g/mol. The van der Waals surface area contributed by atoms with E-state index in [1.54, 1.807) is 35.4 Å². The van der Waals surface area contributed by atoms with E-state index in [0.717, 1.165) is 6.08 Å². The van der Waals surface area contributed by atoms with Crippen molar-refractivity contribution < 1.29 is 19.8 Å². The molecule has 1 aromatic carbocycles.